The third-order valence-electron chi connectivity index (χ3n) is 4.81. The summed E-state index contributed by atoms with van der Waals surface area (Å²) < 4.78 is 26.7. The van der Waals surface area contributed by atoms with Crippen LogP contribution < -0.4 is 10.6 Å². The normalized spacial score (nSPS) is 15.9. The minimum atomic E-state index is -0.409. The smallest absolute Gasteiger partial charge is 0.190 e. The van der Waals surface area contributed by atoms with Gasteiger partial charge in [0.25, 0.3) is 0 Å². The highest BCUT2D eigenvalue weighted by Crippen LogP contribution is 2.10. The summed E-state index contributed by atoms with van der Waals surface area (Å²) in [6.45, 7) is 5.12. The van der Waals surface area contributed by atoms with E-state index in [1.807, 2.05) is 0 Å². The Kier molecular flexibility index (Phi) is 9.39. The van der Waals surface area contributed by atoms with Gasteiger partial charge in [0, 0.05) is 20.1 Å². The van der Waals surface area contributed by atoms with Gasteiger partial charge in [-0.3, -0.25) is 4.99 Å². The molecular formula is C20H32F2N4. The number of likely N-dealkylation sites (tertiary alicyclic amines) is 1. The van der Waals surface area contributed by atoms with Crippen molar-refractivity contribution in [1.29, 1.82) is 0 Å². The zero-order valence-electron chi connectivity index (χ0n) is 15.9. The average molecular weight is 366 g/mol. The van der Waals surface area contributed by atoms with Crippen molar-refractivity contribution in [3.8, 4) is 0 Å². The number of hydrogen-bond donors (Lipinski definition) is 2. The minimum absolute atomic E-state index is 0.371. The quantitative estimate of drug-likeness (QED) is 0.400. The molecule has 1 aliphatic heterocycles. The zero-order valence-corrected chi connectivity index (χ0v) is 15.9. The second-order valence-corrected chi connectivity index (χ2v) is 6.87. The van der Waals surface area contributed by atoms with Gasteiger partial charge in [-0.05, 0) is 75.5 Å². The summed E-state index contributed by atoms with van der Waals surface area (Å²) in [7, 11) is 1.72. The predicted octanol–water partition coefficient (Wildman–Crippen LogP) is 3.33. The highest BCUT2D eigenvalue weighted by Gasteiger charge is 2.09. The summed E-state index contributed by atoms with van der Waals surface area (Å²) in [4.78, 5) is 6.74. The molecular weight excluding hydrogens is 334 g/mol. The number of rotatable bonds is 9. The fourth-order valence-electron chi connectivity index (χ4n) is 3.30. The van der Waals surface area contributed by atoms with E-state index >= 15 is 0 Å². The molecule has 0 amide bonds. The molecule has 4 nitrogen and oxygen atoms in total. The van der Waals surface area contributed by atoms with Crippen LogP contribution in [0.3, 0.4) is 0 Å². The highest BCUT2D eigenvalue weighted by atomic mass is 19.1. The van der Waals surface area contributed by atoms with E-state index in [1.54, 1.807) is 7.05 Å². The summed E-state index contributed by atoms with van der Waals surface area (Å²) in [6, 6.07) is 3.55. The molecule has 1 saturated heterocycles. The van der Waals surface area contributed by atoms with Gasteiger partial charge in [-0.2, -0.15) is 0 Å². The van der Waals surface area contributed by atoms with Crippen LogP contribution in [0.2, 0.25) is 0 Å². The second-order valence-electron chi connectivity index (χ2n) is 6.87. The summed E-state index contributed by atoms with van der Waals surface area (Å²) in [6.07, 6.45) is 8.05. The predicted molar refractivity (Wildman–Crippen MR) is 104 cm³/mol. The Hall–Kier alpha value is -1.69. The first kappa shape index (κ1) is 20.6. The lowest BCUT2D eigenvalue weighted by molar-refractivity contribution is 0.224. The second kappa shape index (κ2) is 11.8. The van der Waals surface area contributed by atoms with Gasteiger partial charge in [0.2, 0.25) is 0 Å². The van der Waals surface area contributed by atoms with Gasteiger partial charge in [-0.25, -0.2) is 8.78 Å². The first-order valence-corrected chi connectivity index (χ1v) is 9.80. The molecule has 0 aliphatic carbocycles. The van der Waals surface area contributed by atoms with Crippen molar-refractivity contribution in [2.24, 2.45) is 4.99 Å². The van der Waals surface area contributed by atoms with Gasteiger partial charge in [0.05, 0.1) is 0 Å². The van der Waals surface area contributed by atoms with Crippen molar-refractivity contribution in [1.82, 2.24) is 15.5 Å². The van der Waals surface area contributed by atoms with E-state index in [4.69, 9.17) is 0 Å². The molecule has 1 aromatic carbocycles. The Morgan fingerprint density at radius 2 is 1.81 bits per heavy atom. The maximum Gasteiger partial charge on any atom is 0.190 e. The number of benzene rings is 1. The summed E-state index contributed by atoms with van der Waals surface area (Å²) >= 11 is 0. The Balaban J connectivity index is 1.54. The van der Waals surface area contributed by atoms with Gasteiger partial charge in [-0.15, -0.1) is 0 Å². The number of hydrogen-bond acceptors (Lipinski definition) is 2. The molecule has 1 heterocycles. The van der Waals surface area contributed by atoms with Crippen molar-refractivity contribution in [2.75, 3.05) is 39.8 Å². The lowest BCUT2D eigenvalue weighted by atomic mass is 10.1. The van der Waals surface area contributed by atoms with Crippen LogP contribution in [0.4, 0.5) is 8.78 Å². The molecule has 146 valence electrons. The third-order valence-corrected chi connectivity index (χ3v) is 4.81. The van der Waals surface area contributed by atoms with Gasteiger partial charge in [0.1, 0.15) is 11.6 Å². The van der Waals surface area contributed by atoms with Crippen LogP contribution in [0, 0.1) is 11.6 Å². The Morgan fingerprint density at radius 3 is 2.58 bits per heavy atom. The molecule has 0 saturated carbocycles. The lowest BCUT2D eigenvalue weighted by Crippen LogP contribution is -2.38. The number of nitrogens with one attached hydrogen (secondary N) is 2. The van der Waals surface area contributed by atoms with Crippen LogP contribution in [0.5, 0.6) is 0 Å². The minimum Gasteiger partial charge on any atom is -0.356 e. The monoisotopic (exact) mass is 366 g/mol. The van der Waals surface area contributed by atoms with Gasteiger partial charge in [-0.1, -0.05) is 12.8 Å². The number of nitrogens with zero attached hydrogens (tertiary/aromatic N) is 2. The maximum absolute atomic E-state index is 13.6. The van der Waals surface area contributed by atoms with Crippen LogP contribution >= 0.6 is 0 Å². The number of piperidine rings is 1. The number of unbranched alkanes of at least 4 members (excludes halogenated alkanes) is 2. The van der Waals surface area contributed by atoms with Gasteiger partial charge >= 0.3 is 0 Å². The van der Waals surface area contributed by atoms with E-state index in [9.17, 15) is 8.78 Å². The van der Waals surface area contributed by atoms with E-state index in [1.165, 1.54) is 63.9 Å². The summed E-state index contributed by atoms with van der Waals surface area (Å²) in [5, 5.41) is 6.43. The maximum atomic E-state index is 13.6. The third kappa shape index (κ3) is 7.68. The fourth-order valence-corrected chi connectivity index (χ4v) is 3.30. The van der Waals surface area contributed by atoms with E-state index in [0.717, 1.165) is 19.0 Å². The molecule has 1 fully saturated rings. The highest BCUT2D eigenvalue weighted by molar-refractivity contribution is 5.79. The molecule has 26 heavy (non-hydrogen) atoms. The molecule has 0 atom stereocenters. The number of guanidine groups is 1. The largest absolute Gasteiger partial charge is 0.356 e. The molecule has 6 heteroatoms. The number of halogens is 2. The molecule has 2 N–H and O–H groups in total. The van der Waals surface area contributed by atoms with Crippen LogP contribution in [-0.2, 0) is 6.42 Å². The Morgan fingerprint density at radius 1 is 1.04 bits per heavy atom. The van der Waals surface area contributed by atoms with Crippen molar-refractivity contribution in [2.45, 2.75) is 44.9 Å². The van der Waals surface area contributed by atoms with Gasteiger partial charge in [0.15, 0.2) is 5.96 Å². The Bertz CT molecular complexity index is 557. The van der Waals surface area contributed by atoms with Crippen molar-refractivity contribution in [3.63, 3.8) is 0 Å². The van der Waals surface area contributed by atoms with E-state index in [0.29, 0.717) is 24.5 Å². The fraction of sp³-hybridized carbons (Fsp3) is 0.650. The molecule has 1 aliphatic rings. The molecule has 0 bridgehead atoms. The first-order chi connectivity index (χ1) is 12.7. The van der Waals surface area contributed by atoms with Crippen molar-refractivity contribution in [3.05, 3.63) is 35.4 Å². The lowest BCUT2D eigenvalue weighted by Gasteiger charge is -2.26. The van der Waals surface area contributed by atoms with Crippen molar-refractivity contribution >= 4 is 5.96 Å². The standard InChI is InChI=1S/C20H32F2N4/c1-23-20(25-12-10-17-16-18(21)8-9-19(17)22)24-11-4-2-5-13-26-14-6-3-7-15-26/h8-9,16H,2-7,10-15H2,1H3,(H2,23,24,25). The molecule has 0 radical (unpaired) electrons. The van der Waals surface area contributed by atoms with Crippen molar-refractivity contribution < 1.29 is 8.78 Å². The van der Waals surface area contributed by atoms with Gasteiger partial charge < -0.3 is 15.5 Å². The molecule has 0 aromatic heterocycles. The molecule has 2 rings (SSSR count). The van der Waals surface area contributed by atoms with Crippen LogP contribution in [-0.4, -0.2) is 50.6 Å². The first-order valence-electron chi connectivity index (χ1n) is 9.80. The van der Waals surface area contributed by atoms with Crippen LogP contribution in [0.25, 0.3) is 0 Å². The van der Waals surface area contributed by atoms with E-state index in [-0.39, 0.29) is 5.82 Å². The van der Waals surface area contributed by atoms with E-state index in [2.05, 4.69) is 20.5 Å². The SMILES string of the molecule is CN=C(NCCCCCN1CCCCC1)NCCc1cc(F)ccc1F. The molecule has 0 unspecified atom stereocenters. The molecule has 1 aromatic rings. The van der Waals surface area contributed by atoms with Crippen LogP contribution in [0.1, 0.15) is 44.1 Å². The number of aliphatic imine (C=N–C) groups is 1. The average Bonchev–Trinajstić information content (AvgIpc) is 2.66. The van der Waals surface area contributed by atoms with E-state index < -0.39 is 5.82 Å². The summed E-state index contributed by atoms with van der Waals surface area (Å²) in [5.41, 5.74) is 0.380. The zero-order chi connectivity index (χ0) is 18.6. The van der Waals surface area contributed by atoms with Crippen LogP contribution in [0.15, 0.2) is 23.2 Å². The Labute approximate surface area is 156 Å². The topological polar surface area (TPSA) is 39.7 Å². The summed E-state index contributed by atoms with van der Waals surface area (Å²) in [5.74, 6) is -0.0730. The molecule has 0 spiro atoms.